The molecule has 0 saturated carbocycles. The van der Waals surface area contributed by atoms with Crippen LogP contribution in [0.25, 0.3) is 0 Å². The summed E-state index contributed by atoms with van der Waals surface area (Å²) in [6, 6.07) is 18.6. The molecule has 3 aromatic carbocycles. The number of aliphatic hydroxyl groups excluding tert-OH is 1. The zero-order chi connectivity index (χ0) is 31.4. The fraction of sp³-hybridized carbons (Fsp3) is 0.382. The van der Waals surface area contributed by atoms with Gasteiger partial charge in [0.05, 0.1) is 24.8 Å². The Bertz CT molecular complexity index is 1380. The molecule has 2 N–H and O–H groups in total. The van der Waals surface area contributed by atoms with Crippen LogP contribution in [0.1, 0.15) is 64.1 Å². The number of rotatable bonds is 15. The zero-order valence-corrected chi connectivity index (χ0v) is 25.0. The van der Waals surface area contributed by atoms with E-state index >= 15 is 0 Å². The molecule has 0 saturated heterocycles. The summed E-state index contributed by atoms with van der Waals surface area (Å²) >= 11 is 0. The van der Waals surface area contributed by atoms with Crippen molar-refractivity contribution >= 4 is 11.8 Å². The first-order valence-corrected chi connectivity index (χ1v) is 14.6. The molecule has 0 aliphatic heterocycles. The van der Waals surface area contributed by atoms with Gasteiger partial charge in [0.2, 0.25) is 0 Å². The number of amides is 2. The van der Waals surface area contributed by atoms with E-state index < -0.39 is 29.7 Å². The maximum Gasteiger partial charge on any atom is 0.253 e. The number of halogens is 2. The fourth-order valence-corrected chi connectivity index (χ4v) is 5.11. The Kier molecular flexibility index (Phi) is 12.8. The summed E-state index contributed by atoms with van der Waals surface area (Å²) in [5.74, 6) is -2.24. The van der Waals surface area contributed by atoms with Crippen LogP contribution in [0.15, 0.2) is 66.7 Å². The fourth-order valence-electron chi connectivity index (χ4n) is 5.11. The van der Waals surface area contributed by atoms with Crippen molar-refractivity contribution in [2.24, 2.45) is 0 Å². The Morgan fingerprint density at radius 3 is 2.16 bits per heavy atom. The van der Waals surface area contributed by atoms with Crippen molar-refractivity contribution in [3.8, 4) is 6.07 Å². The Balaban J connectivity index is 1.88. The summed E-state index contributed by atoms with van der Waals surface area (Å²) in [7, 11) is 0. The summed E-state index contributed by atoms with van der Waals surface area (Å²) in [6.45, 7) is 7.42. The lowest BCUT2D eigenvalue weighted by Crippen LogP contribution is -2.49. The molecule has 0 bridgehead atoms. The summed E-state index contributed by atoms with van der Waals surface area (Å²) < 4.78 is 28.1. The van der Waals surface area contributed by atoms with Gasteiger partial charge in [0.25, 0.3) is 11.8 Å². The van der Waals surface area contributed by atoms with E-state index in [0.717, 1.165) is 42.2 Å². The molecular formula is C34H40F2N4O3. The lowest BCUT2D eigenvalue weighted by Gasteiger charge is -2.29. The number of nitrogens with one attached hydrogen (secondary N) is 1. The molecule has 3 aromatic rings. The molecule has 0 spiro atoms. The number of carbonyl (C=O) groups excluding carboxylic acids is 2. The quantitative estimate of drug-likeness (QED) is 0.235. The van der Waals surface area contributed by atoms with Gasteiger partial charge in [-0.2, -0.15) is 5.26 Å². The molecule has 0 heterocycles. The molecule has 228 valence electrons. The van der Waals surface area contributed by atoms with Crippen LogP contribution < -0.4 is 5.32 Å². The second-order valence-electron chi connectivity index (χ2n) is 10.8. The maximum atomic E-state index is 14.0. The normalized spacial score (nSPS) is 12.4. The number of nitriles is 1. The minimum absolute atomic E-state index is 0.0196. The molecule has 0 fully saturated rings. The van der Waals surface area contributed by atoms with Crippen molar-refractivity contribution in [2.75, 3.05) is 26.2 Å². The van der Waals surface area contributed by atoms with Gasteiger partial charge >= 0.3 is 0 Å². The minimum atomic E-state index is -1.19. The summed E-state index contributed by atoms with van der Waals surface area (Å²) in [4.78, 5) is 30.3. The number of nitrogens with zero attached hydrogens (tertiary/aromatic N) is 3. The van der Waals surface area contributed by atoms with Gasteiger partial charge in [-0.25, -0.2) is 8.78 Å². The SMILES string of the molecule is CCCN(CCC)C(=O)c1cc(C)cc(C(=O)N[C@@H](Cc2cc(F)cc(F)c2)[C@H](O)CN(CC#N)Cc2ccccc2)c1. The van der Waals surface area contributed by atoms with Crippen LogP contribution in [0.3, 0.4) is 0 Å². The van der Waals surface area contributed by atoms with Crippen molar-refractivity contribution in [1.29, 1.82) is 5.26 Å². The molecule has 0 aromatic heterocycles. The van der Waals surface area contributed by atoms with Crippen LogP contribution >= 0.6 is 0 Å². The Hall–Kier alpha value is -4.13. The van der Waals surface area contributed by atoms with E-state index in [2.05, 4.69) is 11.4 Å². The highest BCUT2D eigenvalue weighted by molar-refractivity contribution is 6.00. The van der Waals surface area contributed by atoms with Crippen molar-refractivity contribution in [1.82, 2.24) is 15.1 Å². The van der Waals surface area contributed by atoms with Crippen molar-refractivity contribution in [3.63, 3.8) is 0 Å². The lowest BCUT2D eigenvalue weighted by molar-refractivity contribution is 0.0687. The summed E-state index contributed by atoms with van der Waals surface area (Å²) in [5, 5.41) is 23.6. The van der Waals surface area contributed by atoms with Gasteiger partial charge in [-0.15, -0.1) is 0 Å². The highest BCUT2D eigenvalue weighted by Crippen LogP contribution is 2.17. The largest absolute Gasteiger partial charge is 0.390 e. The molecule has 43 heavy (non-hydrogen) atoms. The van der Waals surface area contributed by atoms with Gasteiger partial charge in [-0.3, -0.25) is 14.5 Å². The topological polar surface area (TPSA) is 96.7 Å². The molecule has 2 amide bonds. The van der Waals surface area contributed by atoms with Gasteiger partial charge in [-0.05, 0) is 73.2 Å². The summed E-state index contributed by atoms with van der Waals surface area (Å²) in [6.07, 6.45) is 0.352. The first-order chi connectivity index (χ1) is 20.6. The van der Waals surface area contributed by atoms with E-state index in [4.69, 9.17) is 0 Å². The number of benzene rings is 3. The Morgan fingerprint density at radius 1 is 0.930 bits per heavy atom. The van der Waals surface area contributed by atoms with E-state index in [1.165, 1.54) is 6.07 Å². The molecule has 0 aliphatic rings. The van der Waals surface area contributed by atoms with Gasteiger partial charge in [0.1, 0.15) is 11.6 Å². The molecule has 2 atom stereocenters. The van der Waals surface area contributed by atoms with Crippen LogP contribution in [-0.4, -0.2) is 65.0 Å². The van der Waals surface area contributed by atoms with Gasteiger partial charge < -0.3 is 15.3 Å². The lowest BCUT2D eigenvalue weighted by atomic mass is 9.99. The standard InChI is InChI=1S/C34H40F2N4O3/c1-4-12-40(13-5-2)34(43)28-16-24(3)15-27(20-28)33(42)38-31(19-26-17-29(35)21-30(36)18-26)32(41)23-39(14-11-37)22-25-9-7-6-8-10-25/h6-10,15-18,20-21,31-32,41H,4-5,12-14,19,22-23H2,1-3H3,(H,38,42)/t31-,32+/m0/s1. The van der Waals surface area contributed by atoms with Crippen LogP contribution in [0.4, 0.5) is 8.78 Å². The minimum Gasteiger partial charge on any atom is -0.390 e. The molecule has 0 radical (unpaired) electrons. The Labute approximate surface area is 252 Å². The molecule has 3 rings (SSSR count). The van der Waals surface area contributed by atoms with E-state index in [9.17, 15) is 28.7 Å². The van der Waals surface area contributed by atoms with Crippen LogP contribution in [0.5, 0.6) is 0 Å². The number of hydrogen-bond acceptors (Lipinski definition) is 5. The first kappa shape index (κ1) is 33.4. The molecule has 7 nitrogen and oxygen atoms in total. The number of aliphatic hydroxyl groups is 1. The highest BCUT2D eigenvalue weighted by Gasteiger charge is 2.26. The van der Waals surface area contributed by atoms with E-state index in [-0.39, 0.29) is 36.5 Å². The third kappa shape index (κ3) is 10.3. The first-order valence-electron chi connectivity index (χ1n) is 14.6. The molecule has 9 heteroatoms. The van der Waals surface area contributed by atoms with E-state index in [0.29, 0.717) is 25.2 Å². The van der Waals surface area contributed by atoms with Crippen molar-refractivity contribution in [3.05, 3.63) is 106 Å². The molecular weight excluding hydrogens is 550 g/mol. The number of carbonyl (C=O) groups is 2. The predicted octanol–water partition coefficient (Wildman–Crippen LogP) is 5.26. The number of hydrogen-bond donors (Lipinski definition) is 2. The van der Waals surface area contributed by atoms with E-state index in [1.54, 1.807) is 28.9 Å². The van der Waals surface area contributed by atoms with Gasteiger partial charge in [0, 0.05) is 43.4 Å². The van der Waals surface area contributed by atoms with Crippen LogP contribution in [-0.2, 0) is 13.0 Å². The third-order valence-corrected chi connectivity index (χ3v) is 7.01. The monoisotopic (exact) mass is 590 g/mol. The summed E-state index contributed by atoms with van der Waals surface area (Å²) in [5.41, 5.74) is 2.54. The highest BCUT2D eigenvalue weighted by atomic mass is 19.1. The van der Waals surface area contributed by atoms with Gasteiger partial charge in [-0.1, -0.05) is 44.2 Å². The maximum absolute atomic E-state index is 14.0. The van der Waals surface area contributed by atoms with Crippen LogP contribution in [0.2, 0.25) is 0 Å². The predicted molar refractivity (Wildman–Crippen MR) is 162 cm³/mol. The van der Waals surface area contributed by atoms with Crippen molar-refractivity contribution in [2.45, 2.75) is 58.7 Å². The molecule has 0 unspecified atom stereocenters. The average molecular weight is 591 g/mol. The second-order valence-corrected chi connectivity index (χ2v) is 10.8. The number of aryl methyl sites for hydroxylation is 1. The smallest absolute Gasteiger partial charge is 0.253 e. The zero-order valence-electron chi connectivity index (χ0n) is 25.0. The third-order valence-electron chi connectivity index (χ3n) is 7.01. The second kappa shape index (κ2) is 16.5. The molecule has 0 aliphatic carbocycles. The Morgan fingerprint density at radius 2 is 1.56 bits per heavy atom. The van der Waals surface area contributed by atoms with E-state index in [1.807, 2.05) is 44.2 Å². The van der Waals surface area contributed by atoms with Crippen molar-refractivity contribution < 1.29 is 23.5 Å². The van der Waals surface area contributed by atoms with Gasteiger partial charge in [0.15, 0.2) is 0 Å². The average Bonchev–Trinajstić information content (AvgIpc) is 2.96. The van der Waals surface area contributed by atoms with Crippen LogP contribution in [0, 0.1) is 29.9 Å².